The topological polar surface area (TPSA) is 53.6 Å². The number of aromatic nitrogens is 2. The van der Waals surface area contributed by atoms with Crippen molar-refractivity contribution in [1.29, 1.82) is 5.26 Å². The largest absolute Gasteiger partial charge is 0.383 e. The van der Waals surface area contributed by atoms with Gasteiger partial charge in [0.2, 0.25) is 0 Å². The van der Waals surface area contributed by atoms with Crippen molar-refractivity contribution in [3.05, 3.63) is 46.2 Å². The minimum absolute atomic E-state index is 0.642. The van der Waals surface area contributed by atoms with Crippen molar-refractivity contribution in [2.75, 3.05) is 11.9 Å². The molecule has 0 aliphatic rings. The molecule has 0 bridgehead atoms. The molecule has 92 valence electrons. The third-order valence-corrected chi connectivity index (χ3v) is 3.18. The van der Waals surface area contributed by atoms with Gasteiger partial charge < -0.3 is 5.32 Å². The number of nitrogens with one attached hydrogen (secondary N) is 1. The van der Waals surface area contributed by atoms with Crippen LogP contribution in [0.4, 0.5) is 5.69 Å². The standard InChI is InChI=1S/C13H13BrN4/c1-10-8-17-18(9-10)5-4-16-12-3-2-11(7-15)13(14)6-12/h2-3,6,8-9,16H,4-5H2,1H3. The molecule has 0 saturated carbocycles. The Balaban J connectivity index is 1.91. The predicted octanol–water partition coefficient (Wildman–Crippen LogP) is 2.94. The molecule has 2 aromatic rings. The van der Waals surface area contributed by atoms with E-state index < -0.39 is 0 Å². The van der Waals surface area contributed by atoms with Gasteiger partial charge in [-0.15, -0.1) is 0 Å². The number of halogens is 1. The first-order valence-corrected chi connectivity index (χ1v) is 6.41. The number of rotatable bonds is 4. The van der Waals surface area contributed by atoms with Crippen molar-refractivity contribution in [2.45, 2.75) is 13.5 Å². The second-order valence-electron chi connectivity index (χ2n) is 4.01. The zero-order valence-corrected chi connectivity index (χ0v) is 11.6. The fourth-order valence-corrected chi connectivity index (χ4v) is 2.09. The first-order valence-electron chi connectivity index (χ1n) is 5.61. The molecule has 0 spiro atoms. The lowest BCUT2D eigenvalue weighted by atomic mass is 10.2. The van der Waals surface area contributed by atoms with Gasteiger partial charge in [-0.3, -0.25) is 4.68 Å². The van der Waals surface area contributed by atoms with Gasteiger partial charge in [-0.25, -0.2) is 0 Å². The monoisotopic (exact) mass is 304 g/mol. The second kappa shape index (κ2) is 5.69. The van der Waals surface area contributed by atoms with Crippen molar-refractivity contribution in [3.8, 4) is 6.07 Å². The number of hydrogen-bond donors (Lipinski definition) is 1. The molecule has 0 aliphatic heterocycles. The van der Waals surface area contributed by atoms with Crippen LogP contribution in [0.1, 0.15) is 11.1 Å². The highest BCUT2D eigenvalue weighted by Gasteiger charge is 2.00. The Morgan fingerprint density at radius 2 is 2.33 bits per heavy atom. The zero-order valence-electron chi connectivity index (χ0n) is 10.0. The van der Waals surface area contributed by atoms with Gasteiger partial charge in [0.05, 0.1) is 18.3 Å². The van der Waals surface area contributed by atoms with E-state index in [1.807, 2.05) is 36.1 Å². The molecule has 0 fully saturated rings. The van der Waals surface area contributed by atoms with Gasteiger partial charge in [0.1, 0.15) is 6.07 Å². The van der Waals surface area contributed by atoms with Crippen molar-refractivity contribution >= 4 is 21.6 Å². The van der Waals surface area contributed by atoms with Crippen LogP contribution in [-0.4, -0.2) is 16.3 Å². The van der Waals surface area contributed by atoms with Gasteiger partial charge in [0.25, 0.3) is 0 Å². The predicted molar refractivity (Wildman–Crippen MR) is 74.3 cm³/mol. The maximum Gasteiger partial charge on any atom is 0.100 e. The summed E-state index contributed by atoms with van der Waals surface area (Å²) in [5, 5.41) is 16.3. The van der Waals surface area contributed by atoms with Gasteiger partial charge in [-0.05, 0) is 46.6 Å². The molecule has 1 N–H and O–H groups in total. The molecule has 0 saturated heterocycles. The minimum atomic E-state index is 0.642. The van der Waals surface area contributed by atoms with Gasteiger partial charge in [0, 0.05) is 22.9 Å². The highest BCUT2D eigenvalue weighted by atomic mass is 79.9. The van der Waals surface area contributed by atoms with E-state index in [2.05, 4.69) is 32.4 Å². The van der Waals surface area contributed by atoms with Gasteiger partial charge in [0.15, 0.2) is 0 Å². The lowest BCUT2D eigenvalue weighted by molar-refractivity contribution is 0.637. The number of aryl methyl sites for hydroxylation is 1. The fraction of sp³-hybridized carbons (Fsp3) is 0.231. The van der Waals surface area contributed by atoms with E-state index >= 15 is 0 Å². The van der Waals surface area contributed by atoms with E-state index in [1.165, 1.54) is 0 Å². The summed E-state index contributed by atoms with van der Waals surface area (Å²) >= 11 is 3.37. The Labute approximate surface area is 114 Å². The summed E-state index contributed by atoms with van der Waals surface area (Å²) in [5.41, 5.74) is 2.80. The van der Waals surface area contributed by atoms with Crippen LogP contribution in [-0.2, 0) is 6.54 Å². The maximum atomic E-state index is 8.82. The van der Waals surface area contributed by atoms with Gasteiger partial charge in [-0.2, -0.15) is 10.4 Å². The van der Waals surface area contributed by atoms with Gasteiger partial charge in [-0.1, -0.05) is 0 Å². The smallest absolute Gasteiger partial charge is 0.100 e. The van der Waals surface area contributed by atoms with E-state index in [4.69, 9.17) is 5.26 Å². The molecule has 0 unspecified atom stereocenters. The van der Waals surface area contributed by atoms with Crippen LogP contribution >= 0.6 is 15.9 Å². The molecule has 0 amide bonds. The molecular formula is C13H13BrN4. The lowest BCUT2D eigenvalue weighted by Crippen LogP contribution is -2.10. The summed E-state index contributed by atoms with van der Waals surface area (Å²) in [6, 6.07) is 7.72. The SMILES string of the molecule is Cc1cnn(CCNc2ccc(C#N)c(Br)c2)c1. The lowest BCUT2D eigenvalue weighted by Gasteiger charge is -2.07. The third-order valence-electron chi connectivity index (χ3n) is 2.52. The second-order valence-corrected chi connectivity index (χ2v) is 4.87. The minimum Gasteiger partial charge on any atom is -0.383 e. The Bertz CT molecular complexity index is 583. The zero-order chi connectivity index (χ0) is 13.0. The number of nitriles is 1. The van der Waals surface area contributed by atoms with Crippen molar-refractivity contribution < 1.29 is 0 Å². The maximum absolute atomic E-state index is 8.82. The van der Waals surface area contributed by atoms with Crippen LogP contribution in [0.2, 0.25) is 0 Å². The molecular weight excluding hydrogens is 292 g/mol. The summed E-state index contributed by atoms with van der Waals surface area (Å²) < 4.78 is 2.71. The summed E-state index contributed by atoms with van der Waals surface area (Å²) in [6.07, 6.45) is 3.86. The summed E-state index contributed by atoms with van der Waals surface area (Å²) in [6.45, 7) is 3.62. The van der Waals surface area contributed by atoms with Crippen LogP contribution < -0.4 is 5.32 Å². The molecule has 4 nitrogen and oxygen atoms in total. The Hall–Kier alpha value is -1.80. The first-order chi connectivity index (χ1) is 8.69. The van der Waals surface area contributed by atoms with E-state index in [1.54, 1.807) is 6.07 Å². The summed E-state index contributed by atoms with van der Waals surface area (Å²) in [7, 11) is 0. The molecule has 2 rings (SSSR count). The third kappa shape index (κ3) is 3.11. The Kier molecular flexibility index (Phi) is 4.00. The first kappa shape index (κ1) is 12.7. The molecule has 18 heavy (non-hydrogen) atoms. The fourth-order valence-electron chi connectivity index (χ4n) is 1.62. The number of benzene rings is 1. The Morgan fingerprint density at radius 3 is 2.94 bits per heavy atom. The molecule has 0 atom stereocenters. The molecule has 0 radical (unpaired) electrons. The molecule has 5 heteroatoms. The van der Waals surface area contributed by atoms with Crippen molar-refractivity contribution in [1.82, 2.24) is 9.78 Å². The normalized spacial score (nSPS) is 10.1. The molecule has 0 aliphatic carbocycles. The molecule has 1 aromatic heterocycles. The van der Waals surface area contributed by atoms with Crippen molar-refractivity contribution in [3.63, 3.8) is 0 Å². The van der Waals surface area contributed by atoms with Crippen molar-refractivity contribution in [2.24, 2.45) is 0 Å². The van der Waals surface area contributed by atoms with Crippen LogP contribution in [0.5, 0.6) is 0 Å². The highest BCUT2D eigenvalue weighted by molar-refractivity contribution is 9.10. The number of nitrogens with zero attached hydrogens (tertiary/aromatic N) is 3. The van der Waals surface area contributed by atoms with E-state index in [0.717, 1.165) is 28.8 Å². The highest BCUT2D eigenvalue weighted by Crippen LogP contribution is 2.20. The van der Waals surface area contributed by atoms with Crippen LogP contribution in [0.3, 0.4) is 0 Å². The van der Waals surface area contributed by atoms with E-state index in [0.29, 0.717) is 5.56 Å². The number of hydrogen-bond acceptors (Lipinski definition) is 3. The van der Waals surface area contributed by atoms with Crippen LogP contribution in [0.25, 0.3) is 0 Å². The average molecular weight is 305 g/mol. The summed E-state index contributed by atoms with van der Waals surface area (Å²) in [5.74, 6) is 0. The molecule has 1 heterocycles. The van der Waals surface area contributed by atoms with E-state index in [9.17, 15) is 0 Å². The van der Waals surface area contributed by atoms with Gasteiger partial charge >= 0.3 is 0 Å². The average Bonchev–Trinajstić information content (AvgIpc) is 2.75. The van der Waals surface area contributed by atoms with E-state index in [-0.39, 0.29) is 0 Å². The number of anilines is 1. The quantitative estimate of drug-likeness (QED) is 0.945. The Morgan fingerprint density at radius 1 is 1.50 bits per heavy atom. The van der Waals surface area contributed by atoms with Crippen LogP contribution in [0.15, 0.2) is 35.1 Å². The van der Waals surface area contributed by atoms with Crippen LogP contribution in [0, 0.1) is 18.3 Å². The summed E-state index contributed by atoms with van der Waals surface area (Å²) in [4.78, 5) is 0. The molecule has 1 aromatic carbocycles.